The van der Waals surface area contributed by atoms with E-state index in [4.69, 9.17) is 23.2 Å². The van der Waals surface area contributed by atoms with E-state index < -0.39 is 12.0 Å². The molecule has 0 spiro atoms. The molecule has 0 radical (unpaired) electrons. The van der Waals surface area contributed by atoms with Crippen LogP contribution < -0.4 is 0 Å². The number of fused-ring (bicyclic) bond motifs is 1. The fourth-order valence-corrected chi connectivity index (χ4v) is 2.67. The van der Waals surface area contributed by atoms with E-state index >= 15 is 0 Å². The minimum absolute atomic E-state index is 0.0541. The average Bonchev–Trinajstić information content (AvgIpc) is 2.90. The van der Waals surface area contributed by atoms with Gasteiger partial charge in [0.15, 0.2) is 0 Å². The van der Waals surface area contributed by atoms with E-state index in [1.54, 1.807) is 12.1 Å². The van der Waals surface area contributed by atoms with E-state index in [0.29, 0.717) is 25.1 Å². The molecule has 20 heavy (non-hydrogen) atoms. The van der Waals surface area contributed by atoms with Gasteiger partial charge in [0.2, 0.25) is 4.96 Å². The molecule has 0 bridgehead atoms. The van der Waals surface area contributed by atoms with Crippen LogP contribution in [0.1, 0.15) is 5.82 Å². The van der Waals surface area contributed by atoms with Crippen LogP contribution in [-0.4, -0.2) is 19.8 Å². The van der Waals surface area contributed by atoms with Crippen molar-refractivity contribution in [3.05, 3.63) is 34.1 Å². The van der Waals surface area contributed by atoms with Crippen molar-refractivity contribution in [1.82, 2.24) is 19.8 Å². The first kappa shape index (κ1) is 13.6. The molecule has 0 saturated heterocycles. The van der Waals surface area contributed by atoms with Gasteiger partial charge >= 0.3 is 6.18 Å². The van der Waals surface area contributed by atoms with Crippen LogP contribution in [0.4, 0.5) is 13.2 Å². The predicted octanol–water partition coefficient (Wildman–Crippen LogP) is 4.18. The molecule has 0 fully saturated rings. The average molecular weight is 339 g/mol. The molecule has 4 nitrogen and oxygen atoms in total. The number of aromatic nitrogens is 4. The molecule has 2 heterocycles. The van der Waals surface area contributed by atoms with Crippen LogP contribution in [0.15, 0.2) is 18.2 Å². The maximum Gasteiger partial charge on any atom is 0.453 e. The van der Waals surface area contributed by atoms with E-state index in [-0.39, 0.29) is 4.96 Å². The maximum atomic E-state index is 12.7. The molecule has 0 amide bonds. The molecule has 0 aliphatic rings. The summed E-state index contributed by atoms with van der Waals surface area (Å²) in [5.74, 6) is -1.16. The van der Waals surface area contributed by atoms with Gasteiger partial charge in [0.1, 0.15) is 5.01 Å². The van der Waals surface area contributed by atoms with Crippen molar-refractivity contribution >= 4 is 39.5 Å². The second-order valence-electron chi connectivity index (χ2n) is 3.75. The molecular formula is C10H3Cl2F3N4S. The highest BCUT2D eigenvalue weighted by Gasteiger charge is 2.38. The van der Waals surface area contributed by atoms with E-state index in [9.17, 15) is 13.2 Å². The van der Waals surface area contributed by atoms with Gasteiger partial charge in [-0.1, -0.05) is 40.6 Å². The Kier molecular flexibility index (Phi) is 3.11. The van der Waals surface area contributed by atoms with Gasteiger partial charge in [0, 0.05) is 5.56 Å². The Morgan fingerprint density at radius 2 is 1.85 bits per heavy atom. The molecule has 3 rings (SSSR count). The molecule has 1 aromatic carbocycles. The predicted molar refractivity (Wildman–Crippen MR) is 69.1 cm³/mol. The zero-order valence-corrected chi connectivity index (χ0v) is 11.6. The molecular weight excluding hydrogens is 336 g/mol. The molecule has 0 N–H and O–H groups in total. The van der Waals surface area contributed by atoms with Crippen LogP contribution in [-0.2, 0) is 6.18 Å². The Morgan fingerprint density at radius 1 is 1.10 bits per heavy atom. The first-order chi connectivity index (χ1) is 9.36. The van der Waals surface area contributed by atoms with Crippen LogP contribution in [0.5, 0.6) is 0 Å². The van der Waals surface area contributed by atoms with Crippen molar-refractivity contribution in [2.45, 2.75) is 6.18 Å². The lowest BCUT2D eigenvalue weighted by Crippen LogP contribution is -2.11. The fourth-order valence-electron chi connectivity index (χ4n) is 1.54. The summed E-state index contributed by atoms with van der Waals surface area (Å²) in [6.45, 7) is 0. The van der Waals surface area contributed by atoms with Crippen molar-refractivity contribution in [2.75, 3.05) is 0 Å². The molecule has 0 aliphatic carbocycles. The lowest BCUT2D eigenvalue weighted by Gasteiger charge is -2.01. The molecule has 0 aliphatic heterocycles. The van der Waals surface area contributed by atoms with Gasteiger partial charge in [0.05, 0.1) is 10.0 Å². The highest BCUT2D eigenvalue weighted by atomic mass is 35.5. The standard InChI is InChI=1S/C10H3Cl2F3N4S/c11-5-2-1-4(3-6(5)12)7-18-19-8(10(13,14)15)16-17-9(19)20-7/h1-3H. The zero-order valence-electron chi connectivity index (χ0n) is 9.32. The first-order valence-corrected chi connectivity index (χ1v) is 6.68. The quantitative estimate of drug-likeness (QED) is 0.668. The summed E-state index contributed by atoms with van der Waals surface area (Å²) in [5.41, 5.74) is 0.558. The van der Waals surface area contributed by atoms with Crippen LogP contribution in [0.2, 0.25) is 10.0 Å². The first-order valence-electron chi connectivity index (χ1n) is 5.11. The van der Waals surface area contributed by atoms with Gasteiger partial charge in [-0.3, -0.25) is 0 Å². The minimum Gasteiger partial charge on any atom is -0.178 e. The normalized spacial score (nSPS) is 12.2. The lowest BCUT2D eigenvalue weighted by atomic mass is 10.2. The fraction of sp³-hybridized carbons (Fsp3) is 0.100. The topological polar surface area (TPSA) is 43.1 Å². The van der Waals surface area contributed by atoms with Gasteiger partial charge in [-0.05, 0) is 12.1 Å². The third-order valence-corrected chi connectivity index (χ3v) is 4.10. The SMILES string of the molecule is FC(F)(F)c1nnc2sc(-c3ccc(Cl)c(Cl)c3)nn12. The number of hydrogen-bond acceptors (Lipinski definition) is 4. The highest BCUT2D eigenvalue weighted by molar-refractivity contribution is 7.19. The van der Waals surface area contributed by atoms with E-state index in [1.807, 2.05) is 0 Å². The number of nitrogens with zero attached hydrogens (tertiary/aromatic N) is 4. The summed E-state index contributed by atoms with van der Waals surface area (Å²) in [6.07, 6.45) is -4.61. The number of halogens is 5. The molecule has 104 valence electrons. The molecule has 3 aromatic rings. The van der Waals surface area contributed by atoms with E-state index in [2.05, 4.69) is 15.3 Å². The van der Waals surface area contributed by atoms with Crippen LogP contribution >= 0.6 is 34.5 Å². The van der Waals surface area contributed by atoms with Crippen molar-refractivity contribution in [1.29, 1.82) is 0 Å². The van der Waals surface area contributed by atoms with Crippen molar-refractivity contribution < 1.29 is 13.2 Å². The summed E-state index contributed by atoms with van der Waals surface area (Å²) >= 11 is 12.6. The lowest BCUT2D eigenvalue weighted by molar-refractivity contribution is -0.146. The Balaban J connectivity index is 2.14. The Morgan fingerprint density at radius 3 is 2.50 bits per heavy atom. The Labute approximate surface area is 123 Å². The number of alkyl halides is 3. The Hall–Kier alpha value is -1.38. The molecule has 0 atom stereocenters. The summed E-state index contributed by atoms with van der Waals surface area (Å²) in [4.78, 5) is 0.0541. The number of benzene rings is 1. The number of hydrogen-bond donors (Lipinski definition) is 0. The molecule has 2 aromatic heterocycles. The van der Waals surface area contributed by atoms with Gasteiger partial charge < -0.3 is 0 Å². The third kappa shape index (κ3) is 2.23. The summed E-state index contributed by atoms with van der Waals surface area (Å²) < 4.78 is 38.7. The summed E-state index contributed by atoms with van der Waals surface area (Å²) in [5, 5.41) is 11.4. The third-order valence-electron chi connectivity index (χ3n) is 2.41. The minimum atomic E-state index is -4.61. The van der Waals surface area contributed by atoms with Gasteiger partial charge in [0.25, 0.3) is 5.82 Å². The van der Waals surface area contributed by atoms with Crippen LogP contribution in [0, 0.1) is 0 Å². The molecule has 0 unspecified atom stereocenters. The number of rotatable bonds is 1. The van der Waals surface area contributed by atoms with E-state index in [1.165, 1.54) is 6.07 Å². The second kappa shape index (κ2) is 4.57. The second-order valence-corrected chi connectivity index (χ2v) is 5.52. The van der Waals surface area contributed by atoms with E-state index in [0.717, 1.165) is 11.3 Å². The summed E-state index contributed by atoms with van der Waals surface area (Å²) in [7, 11) is 0. The van der Waals surface area contributed by atoms with Gasteiger partial charge in [-0.25, -0.2) is 0 Å². The monoisotopic (exact) mass is 338 g/mol. The molecule has 0 saturated carbocycles. The smallest absolute Gasteiger partial charge is 0.178 e. The summed E-state index contributed by atoms with van der Waals surface area (Å²) in [6, 6.07) is 4.70. The van der Waals surface area contributed by atoms with Crippen molar-refractivity contribution in [3.63, 3.8) is 0 Å². The van der Waals surface area contributed by atoms with Crippen molar-refractivity contribution in [3.8, 4) is 10.6 Å². The van der Waals surface area contributed by atoms with Gasteiger partial charge in [-0.15, -0.1) is 10.2 Å². The van der Waals surface area contributed by atoms with Crippen LogP contribution in [0.3, 0.4) is 0 Å². The molecule has 10 heteroatoms. The van der Waals surface area contributed by atoms with Crippen molar-refractivity contribution in [2.24, 2.45) is 0 Å². The zero-order chi connectivity index (χ0) is 14.5. The highest BCUT2D eigenvalue weighted by Crippen LogP contribution is 2.33. The van der Waals surface area contributed by atoms with Gasteiger partial charge in [-0.2, -0.15) is 22.8 Å². The maximum absolute atomic E-state index is 12.7. The Bertz CT molecular complexity index is 795. The van der Waals surface area contributed by atoms with Crippen LogP contribution in [0.25, 0.3) is 15.5 Å². The largest absolute Gasteiger partial charge is 0.453 e.